The molecular formula is C12H9ClN2O4. The van der Waals surface area contributed by atoms with Gasteiger partial charge in [0.2, 0.25) is 6.41 Å². The van der Waals surface area contributed by atoms with Crippen molar-refractivity contribution in [2.45, 2.75) is 6.04 Å². The molecule has 0 aromatic heterocycles. The molecule has 2 amide bonds. The van der Waals surface area contributed by atoms with Gasteiger partial charge in [-0.15, -0.1) is 0 Å². The Bertz CT molecular complexity index is 589. The third kappa shape index (κ3) is 4.01. The summed E-state index contributed by atoms with van der Waals surface area (Å²) in [5, 5.41) is 11.1. The van der Waals surface area contributed by atoms with Gasteiger partial charge >= 0.3 is 5.97 Å². The van der Waals surface area contributed by atoms with E-state index in [1.54, 1.807) is 0 Å². The number of amides is 2. The van der Waals surface area contributed by atoms with Gasteiger partial charge in [-0.25, -0.2) is 4.79 Å². The summed E-state index contributed by atoms with van der Waals surface area (Å²) in [5.41, 5.74) is 5.24. The summed E-state index contributed by atoms with van der Waals surface area (Å²) in [6.07, 6.45) is 0.300. The van der Waals surface area contributed by atoms with Crippen LogP contribution in [-0.4, -0.2) is 29.4 Å². The van der Waals surface area contributed by atoms with Gasteiger partial charge in [0.15, 0.2) is 6.04 Å². The van der Waals surface area contributed by atoms with E-state index in [0.717, 1.165) is 0 Å². The highest BCUT2D eigenvalue weighted by atomic mass is 35.5. The highest BCUT2D eigenvalue weighted by Crippen LogP contribution is 2.17. The van der Waals surface area contributed by atoms with E-state index in [9.17, 15) is 14.4 Å². The van der Waals surface area contributed by atoms with Crippen molar-refractivity contribution in [3.63, 3.8) is 0 Å². The molecule has 6 nitrogen and oxygen atoms in total. The first-order valence-corrected chi connectivity index (χ1v) is 5.37. The molecule has 0 radical (unpaired) electrons. The standard InChI is InChI=1S/C12H9ClN2O4/c13-9-3-1-7(5-8(9)12(18)19)2-4-10(11(14)17)15-6-16/h1,3,5-6,10H,(H2,14,17)(H,15,16)(H,18,19). The fourth-order valence-corrected chi connectivity index (χ4v) is 1.38. The van der Waals surface area contributed by atoms with Crippen LogP contribution in [0.1, 0.15) is 15.9 Å². The number of aromatic carboxylic acids is 1. The maximum Gasteiger partial charge on any atom is 0.337 e. The fourth-order valence-electron chi connectivity index (χ4n) is 1.19. The number of carboxylic acids is 1. The van der Waals surface area contributed by atoms with Crippen LogP contribution in [-0.2, 0) is 9.59 Å². The van der Waals surface area contributed by atoms with E-state index in [2.05, 4.69) is 17.2 Å². The Morgan fingerprint density at radius 2 is 2.16 bits per heavy atom. The number of benzene rings is 1. The first-order chi connectivity index (χ1) is 8.95. The normalized spacial score (nSPS) is 10.8. The minimum Gasteiger partial charge on any atom is -0.478 e. The summed E-state index contributed by atoms with van der Waals surface area (Å²) in [4.78, 5) is 32.0. The van der Waals surface area contributed by atoms with Crippen molar-refractivity contribution in [2.75, 3.05) is 0 Å². The maximum atomic E-state index is 10.9. The van der Waals surface area contributed by atoms with Crippen LogP contribution < -0.4 is 11.1 Å². The summed E-state index contributed by atoms with van der Waals surface area (Å²) >= 11 is 5.69. The summed E-state index contributed by atoms with van der Waals surface area (Å²) in [5.74, 6) is 2.96. The topological polar surface area (TPSA) is 109 Å². The number of rotatable bonds is 4. The average molecular weight is 281 g/mol. The van der Waals surface area contributed by atoms with Crippen molar-refractivity contribution in [1.29, 1.82) is 0 Å². The molecule has 1 aromatic carbocycles. The van der Waals surface area contributed by atoms with E-state index < -0.39 is 17.9 Å². The average Bonchev–Trinajstić information content (AvgIpc) is 2.35. The lowest BCUT2D eigenvalue weighted by molar-refractivity contribution is -0.121. The third-order valence-corrected chi connectivity index (χ3v) is 2.41. The Balaban J connectivity index is 3.06. The lowest BCUT2D eigenvalue weighted by Crippen LogP contribution is -2.39. The minimum absolute atomic E-state index is 0.0792. The lowest BCUT2D eigenvalue weighted by atomic mass is 10.1. The van der Waals surface area contributed by atoms with E-state index in [1.807, 2.05) is 0 Å². The zero-order valence-corrected chi connectivity index (χ0v) is 10.3. The van der Waals surface area contributed by atoms with Gasteiger partial charge in [-0.1, -0.05) is 23.4 Å². The fraction of sp³-hybridized carbons (Fsp3) is 0.0833. The van der Waals surface area contributed by atoms with Crippen LogP contribution in [0.15, 0.2) is 18.2 Å². The van der Waals surface area contributed by atoms with Gasteiger partial charge in [0.05, 0.1) is 10.6 Å². The van der Waals surface area contributed by atoms with Crippen LogP contribution in [0.2, 0.25) is 5.02 Å². The van der Waals surface area contributed by atoms with E-state index in [-0.39, 0.29) is 10.6 Å². The Kier molecular flexibility index (Phi) is 4.92. The predicted molar refractivity (Wildman–Crippen MR) is 67.5 cm³/mol. The zero-order chi connectivity index (χ0) is 14.4. The van der Waals surface area contributed by atoms with Crippen molar-refractivity contribution >= 4 is 29.9 Å². The second-order valence-corrected chi connectivity index (χ2v) is 3.80. The molecule has 7 heteroatoms. The van der Waals surface area contributed by atoms with Crippen LogP contribution in [0.4, 0.5) is 0 Å². The number of hydrogen-bond donors (Lipinski definition) is 3. The van der Waals surface area contributed by atoms with Gasteiger partial charge in [-0.05, 0) is 18.2 Å². The molecular weight excluding hydrogens is 272 g/mol. The molecule has 98 valence electrons. The van der Waals surface area contributed by atoms with Gasteiger partial charge in [-0.2, -0.15) is 0 Å². The van der Waals surface area contributed by atoms with Crippen molar-refractivity contribution in [1.82, 2.24) is 5.32 Å². The van der Waals surface area contributed by atoms with Gasteiger partial charge in [0, 0.05) is 5.56 Å². The molecule has 0 heterocycles. The first-order valence-electron chi connectivity index (χ1n) is 4.99. The number of carboxylic acid groups (broad SMARTS) is 1. The van der Waals surface area contributed by atoms with Crippen LogP contribution in [0.3, 0.4) is 0 Å². The molecule has 0 aliphatic rings. The predicted octanol–water partition coefficient (Wildman–Crippen LogP) is -0.0104. The summed E-state index contributed by atoms with van der Waals surface area (Å²) in [6.45, 7) is 0. The van der Waals surface area contributed by atoms with Crippen molar-refractivity contribution in [3.8, 4) is 11.8 Å². The molecule has 1 unspecified atom stereocenters. The third-order valence-electron chi connectivity index (χ3n) is 2.08. The van der Waals surface area contributed by atoms with Crippen LogP contribution in [0.25, 0.3) is 0 Å². The zero-order valence-electron chi connectivity index (χ0n) is 9.51. The number of hydrogen-bond acceptors (Lipinski definition) is 3. The molecule has 0 aliphatic carbocycles. The monoisotopic (exact) mass is 280 g/mol. The number of halogens is 1. The van der Waals surface area contributed by atoms with Crippen LogP contribution in [0, 0.1) is 11.8 Å². The van der Waals surface area contributed by atoms with Gasteiger partial charge in [0.1, 0.15) is 0 Å². The SMILES string of the molecule is NC(=O)C(C#Cc1ccc(Cl)c(C(=O)O)c1)NC=O. The van der Waals surface area contributed by atoms with E-state index >= 15 is 0 Å². The van der Waals surface area contributed by atoms with Crippen LogP contribution >= 0.6 is 11.6 Å². The Labute approximate surface area is 113 Å². The van der Waals surface area contributed by atoms with Gasteiger partial charge in [-0.3, -0.25) is 9.59 Å². The largest absolute Gasteiger partial charge is 0.478 e. The van der Waals surface area contributed by atoms with E-state index in [1.165, 1.54) is 18.2 Å². The van der Waals surface area contributed by atoms with Crippen molar-refractivity contribution in [3.05, 3.63) is 34.3 Å². The van der Waals surface area contributed by atoms with Gasteiger partial charge < -0.3 is 16.2 Å². The Hall–Kier alpha value is -2.52. The van der Waals surface area contributed by atoms with Gasteiger partial charge in [0.25, 0.3) is 5.91 Å². The molecule has 1 rings (SSSR count). The number of nitrogens with one attached hydrogen (secondary N) is 1. The maximum absolute atomic E-state index is 10.9. The second-order valence-electron chi connectivity index (χ2n) is 3.39. The first kappa shape index (κ1) is 14.5. The number of nitrogens with two attached hydrogens (primary N) is 1. The summed E-state index contributed by atoms with van der Waals surface area (Å²) in [7, 11) is 0. The molecule has 0 aliphatic heterocycles. The minimum atomic E-state index is -1.19. The molecule has 0 spiro atoms. The second kappa shape index (κ2) is 6.42. The quantitative estimate of drug-likeness (QED) is 0.532. The Morgan fingerprint density at radius 1 is 1.47 bits per heavy atom. The number of carbonyl (C=O) groups is 3. The number of carbonyl (C=O) groups excluding carboxylic acids is 2. The van der Waals surface area contributed by atoms with E-state index in [0.29, 0.717) is 12.0 Å². The highest BCUT2D eigenvalue weighted by Gasteiger charge is 2.11. The molecule has 4 N–H and O–H groups in total. The van der Waals surface area contributed by atoms with E-state index in [4.69, 9.17) is 22.4 Å². The molecule has 1 aromatic rings. The lowest BCUT2D eigenvalue weighted by Gasteiger charge is -2.03. The molecule has 0 bridgehead atoms. The molecule has 19 heavy (non-hydrogen) atoms. The van der Waals surface area contributed by atoms with Crippen molar-refractivity contribution in [2.24, 2.45) is 5.73 Å². The van der Waals surface area contributed by atoms with Crippen molar-refractivity contribution < 1.29 is 19.5 Å². The van der Waals surface area contributed by atoms with Crippen LogP contribution in [0.5, 0.6) is 0 Å². The summed E-state index contributed by atoms with van der Waals surface area (Å²) < 4.78 is 0. The highest BCUT2D eigenvalue weighted by molar-refractivity contribution is 6.33. The smallest absolute Gasteiger partial charge is 0.337 e. The molecule has 0 saturated heterocycles. The Morgan fingerprint density at radius 3 is 2.68 bits per heavy atom. The molecule has 0 fully saturated rings. The summed E-state index contributed by atoms with van der Waals surface area (Å²) in [6, 6.07) is 2.99. The molecule has 1 atom stereocenters. The molecule has 0 saturated carbocycles. The number of primary amides is 1.